The van der Waals surface area contributed by atoms with Crippen molar-refractivity contribution >= 4 is 11.4 Å². The van der Waals surface area contributed by atoms with Gasteiger partial charge in [-0.25, -0.2) is 0 Å². The van der Waals surface area contributed by atoms with Gasteiger partial charge in [0.15, 0.2) is 0 Å². The number of methoxy groups -OCH3 is 1. The summed E-state index contributed by atoms with van der Waals surface area (Å²) in [6.07, 6.45) is 2.53. The number of ether oxygens (including phenoxy) is 1. The van der Waals surface area contributed by atoms with E-state index in [0.29, 0.717) is 0 Å². The number of benzene rings is 1. The third-order valence-electron chi connectivity index (χ3n) is 5.44. The molecule has 134 valence electrons. The van der Waals surface area contributed by atoms with Crippen molar-refractivity contribution < 1.29 is 4.74 Å². The molecule has 1 aromatic rings. The second kappa shape index (κ2) is 8.08. The lowest BCUT2D eigenvalue weighted by Crippen LogP contribution is -2.52. The van der Waals surface area contributed by atoms with Gasteiger partial charge >= 0.3 is 0 Å². The fourth-order valence-electron chi connectivity index (χ4n) is 3.89. The normalized spacial score (nSPS) is 21.0. The summed E-state index contributed by atoms with van der Waals surface area (Å²) in [5.74, 6) is 0.940. The molecule has 2 fully saturated rings. The lowest BCUT2D eigenvalue weighted by molar-refractivity contribution is 0.0982. The van der Waals surface area contributed by atoms with E-state index in [9.17, 15) is 0 Å². The maximum absolute atomic E-state index is 5.55. The monoisotopic (exact) mass is 332 g/mol. The molecule has 2 heterocycles. The van der Waals surface area contributed by atoms with E-state index in [2.05, 4.69) is 52.2 Å². The molecule has 0 amide bonds. The summed E-state index contributed by atoms with van der Waals surface area (Å²) in [6.45, 7) is 10.2. The first-order valence-electron chi connectivity index (χ1n) is 9.30. The highest BCUT2D eigenvalue weighted by atomic mass is 16.5. The molecule has 1 N–H and O–H groups in total. The van der Waals surface area contributed by atoms with Gasteiger partial charge < -0.3 is 19.9 Å². The van der Waals surface area contributed by atoms with Gasteiger partial charge in [0.1, 0.15) is 5.75 Å². The molecule has 0 radical (unpaired) electrons. The van der Waals surface area contributed by atoms with Gasteiger partial charge in [-0.3, -0.25) is 4.90 Å². The predicted molar refractivity (Wildman–Crippen MR) is 101 cm³/mol. The topological polar surface area (TPSA) is 31.0 Å². The summed E-state index contributed by atoms with van der Waals surface area (Å²) in [4.78, 5) is 7.64. The number of likely N-dealkylation sites (N-methyl/N-ethyl adjacent to an activating group) is 1. The Morgan fingerprint density at radius 3 is 2.42 bits per heavy atom. The van der Waals surface area contributed by atoms with Crippen molar-refractivity contribution in [3.05, 3.63) is 18.2 Å². The first-order valence-corrected chi connectivity index (χ1v) is 9.30. The van der Waals surface area contributed by atoms with E-state index in [1.54, 1.807) is 7.11 Å². The molecule has 0 spiro atoms. The largest absolute Gasteiger partial charge is 0.495 e. The Morgan fingerprint density at radius 2 is 1.79 bits per heavy atom. The van der Waals surface area contributed by atoms with Crippen molar-refractivity contribution in [2.45, 2.75) is 25.8 Å². The van der Waals surface area contributed by atoms with Crippen LogP contribution in [0.4, 0.5) is 11.4 Å². The summed E-state index contributed by atoms with van der Waals surface area (Å²) < 4.78 is 5.55. The van der Waals surface area contributed by atoms with Crippen LogP contribution >= 0.6 is 0 Å². The average Bonchev–Trinajstić information content (AvgIpc) is 2.63. The van der Waals surface area contributed by atoms with Crippen LogP contribution in [0.2, 0.25) is 0 Å². The molecule has 2 saturated heterocycles. The van der Waals surface area contributed by atoms with Gasteiger partial charge in [-0.1, -0.05) is 0 Å². The smallest absolute Gasteiger partial charge is 0.144 e. The number of rotatable bonds is 5. The maximum atomic E-state index is 5.55. The summed E-state index contributed by atoms with van der Waals surface area (Å²) in [5, 5.41) is 3.36. The molecule has 5 heteroatoms. The van der Waals surface area contributed by atoms with Gasteiger partial charge in [0.05, 0.1) is 12.8 Å². The number of hydrogen-bond donors (Lipinski definition) is 1. The minimum absolute atomic E-state index is 0.762. The number of nitrogens with zero attached hydrogens (tertiary/aromatic N) is 3. The number of piperazine rings is 1. The zero-order valence-electron chi connectivity index (χ0n) is 15.4. The highest BCUT2D eigenvalue weighted by molar-refractivity contribution is 5.64. The molecule has 0 saturated carbocycles. The van der Waals surface area contributed by atoms with E-state index in [-0.39, 0.29) is 0 Å². The molecule has 24 heavy (non-hydrogen) atoms. The van der Waals surface area contributed by atoms with Gasteiger partial charge in [-0.05, 0) is 38.9 Å². The minimum atomic E-state index is 0.762. The number of hydrogen-bond acceptors (Lipinski definition) is 5. The standard InChI is InChI=1S/C19H32N4O/c1-4-20-18-6-5-17(15-19(18)24-3)22-9-7-16(8-10-22)23-13-11-21(2)12-14-23/h5-6,15-16,20H,4,7-14H2,1-3H3. The zero-order chi connectivity index (χ0) is 16.9. The van der Waals surface area contributed by atoms with Gasteiger partial charge in [0.2, 0.25) is 0 Å². The minimum Gasteiger partial charge on any atom is -0.495 e. The van der Waals surface area contributed by atoms with E-state index in [4.69, 9.17) is 4.74 Å². The van der Waals surface area contributed by atoms with Crippen LogP contribution in [0, 0.1) is 0 Å². The van der Waals surface area contributed by atoms with Crippen molar-refractivity contribution in [1.29, 1.82) is 0 Å². The van der Waals surface area contributed by atoms with E-state index < -0.39 is 0 Å². The van der Waals surface area contributed by atoms with Crippen LogP contribution in [-0.2, 0) is 0 Å². The van der Waals surface area contributed by atoms with Crippen LogP contribution in [0.15, 0.2) is 18.2 Å². The SMILES string of the molecule is CCNc1ccc(N2CCC(N3CCN(C)CC3)CC2)cc1OC. The first kappa shape index (κ1) is 17.4. The first-order chi connectivity index (χ1) is 11.7. The van der Waals surface area contributed by atoms with Crippen molar-refractivity contribution in [2.75, 3.05) is 70.2 Å². The van der Waals surface area contributed by atoms with Crippen LogP contribution in [-0.4, -0.2) is 75.8 Å². The van der Waals surface area contributed by atoms with Crippen LogP contribution in [0.5, 0.6) is 5.75 Å². The molecule has 5 nitrogen and oxygen atoms in total. The summed E-state index contributed by atoms with van der Waals surface area (Å²) in [6, 6.07) is 7.30. The van der Waals surface area contributed by atoms with E-state index in [0.717, 1.165) is 37.1 Å². The second-order valence-corrected chi connectivity index (χ2v) is 6.97. The van der Waals surface area contributed by atoms with Gasteiger partial charge in [-0.15, -0.1) is 0 Å². The molecule has 0 bridgehead atoms. The number of nitrogens with one attached hydrogen (secondary N) is 1. The molecular formula is C19H32N4O. The number of piperidine rings is 1. The molecule has 3 rings (SSSR count). The van der Waals surface area contributed by atoms with Crippen LogP contribution in [0.25, 0.3) is 0 Å². The predicted octanol–water partition coefficient (Wildman–Crippen LogP) is 2.34. The van der Waals surface area contributed by atoms with Crippen LogP contribution in [0.3, 0.4) is 0 Å². The Balaban J connectivity index is 1.58. The van der Waals surface area contributed by atoms with Crippen LogP contribution < -0.4 is 15.0 Å². The van der Waals surface area contributed by atoms with Crippen molar-refractivity contribution in [3.63, 3.8) is 0 Å². The molecule has 1 aromatic carbocycles. The Morgan fingerprint density at radius 1 is 1.08 bits per heavy atom. The van der Waals surface area contributed by atoms with Gasteiger partial charge in [-0.2, -0.15) is 0 Å². The van der Waals surface area contributed by atoms with Crippen molar-refractivity contribution in [3.8, 4) is 5.75 Å². The lowest BCUT2D eigenvalue weighted by Gasteiger charge is -2.42. The molecule has 0 unspecified atom stereocenters. The second-order valence-electron chi connectivity index (χ2n) is 6.97. The highest BCUT2D eigenvalue weighted by Crippen LogP contribution is 2.31. The van der Waals surface area contributed by atoms with E-state index in [1.165, 1.54) is 44.7 Å². The molecule has 2 aliphatic rings. The number of anilines is 2. The van der Waals surface area contributed by atoms with Gasteiger partial charge in [0.25, 0.3) is 0 Å². The third-order valence-corrected chi connectivity index (χ3v) is 5.44. The van der Waals surface area contributed by atoms with Gasteiger partial charge in [0, 0.05) is 63.6 Å². The molecule has 0 atom stereocenters. The zero-order valence-corrected chi connectivity index (χ0v) is 15.4. The Bertz CT molecular complexity index is 520. The van der Waals surface area contributed by atoms with E-state index in [1.807, 2.05) is 0 Å². The molecular weight excluding hydrogens is 300 g/mol. The van der Waals surface area contributed by atoms with E-state index >= 15 is 0 Å². The quantitative estimate of drug-likeness (QED) is 0.894. The average molecular weight is 332 g/mol. The fraction of sp³-hybridized carbons (Fsp3) is 0.684. The molecule has 2 aliphatic heterocycles. The Hall–Kier alpha value is -1.46. The fourth-order valence-corrected chi connectivity index (χ4v) is 3.89. The summed E-state index contributed by atoms with van der Waals surface area (Å²) in [5.41, 5.74) is 2.36. The van der Waals surface area contributed by atoms with Crippen LogP contribution in [0.1, 0.15) is 19.8 Å². The highest BCUT2D eigenvalue weighted by Gasteiger charge is 2.26. The third kappa shape index (κ3) is 3.95. The maximum Gasteiger partial charge on any atom is 0.144 e. The molecule has 0 aromatic heterocycles. The lowest BCUT2D eigenvalue weighted by atomic mass is 10.0. The van der Waals surface area contributed by atoms with Crippen molar-refractivity contribution in [1.82, 2.24) is 9.80 Å². The molecule has 0 aliphatic carbocycles. The Labute approximate surface area is 146 Å². The summed E-state index contributed by atoms with van der Waals surface area (Å²) in [7, 11) is 3.98. The summed E-state index contributed by atoms with van der Waals surface area (Å²) >= 11 is 0. The Kier molecular flexibility index (Phi) is 5.85. The van der Waals surface area contributed by atoms with Crippen molar-refractivity contribution in [2.24, 2.45) is 0 Å².